The first-order chi connectivity index (χ1) is 51.0. The van der Waals surface area contributed by atoms with E-state index >= 15 is 0 Å². The minimum atomic E-state index is -0.0650. The van der Waals surface area contributed by atoms with Crippen LogP contribution in [0, 0.1) is 17.3 Å². The van der Waals surface area contributed by atoms with Gasteiger partial charge in [-0.2, -0.15) is 0 Å². The van der Waals surface area contributed by atoms with Crippen LogP contribution in [0.25, 0.3) is 0 Å². The first-order valence-electron chi connectivity index (χ1n) is 38.0. The standard InChI is InChI=1S/4C9H18O2.3C8H16O2.2C7H14O2.C6H12O2.C5H10O2/c1-5-10-6-7-11-8-9(2,3)4;1-5-10-6-7-11-9(4)8(2)3;1-5-9(3,4)11-8-7-10-6-2;1-3-5-6-7-11-9-8-10-4-2;1-5-9-6-7-10-8(2,3)4;1-4-9-5-6-10-7-8(2)3;1-3-5-6-10-8-7-9-4-2;1-4-8-5-6-9-7(2)3;1-3-5-9-7-6-8-4-2;1-3-7-5-6-8-4-2;1-3-7-5-4-6-2/h5H,1,6-8H2,2-4H3;5,8-9H,1,6-7H2,2-4H3;6H,2,5,7-8H2,1,3-4H3;4H,2-3,5-9H2,1H3;5H,1,6-7H2,2-4H3;4,8H,1,5-7H2,2-3H3;4H,2-3,5-8H2,1H3;4,7H,1,5-6H2,2-3H3;4H,2-3,5-7H2,1H3;3H,1,4-6H2,2H3;3H,1,4-5H2,2H3. The van der Waals surface area contributed by atoms with Crippen LogP contribution >= 0.6 is 0 Å². The SMILES string of the molecule is C=COCCOC.C=COCCOC(C)(C)C.C=COCCOC(C)(C)CC.C=COCCOC(C)C.C=COCCOC(C)C(C)C.C=COCCOCC.C=COCCOCC(C)(C)C.C=COCCOCC(C)C.C=COCCOCCC.C=COCCOCCCC.C=COCCOCCCCC. The summed E-state index contributed by atoms with van der Waals surface area (Å²) in [6.45, 7) is 97.8. The molecule has 0 aromatic carbocycles. The van der Waals surface area contributed by atoms with Crippen molar-refractivity contribution in [3.63, 3.8) is 0 Å². The van der Waals surface area contributed by atoms with Crippen molar-refractivity contribution in [3.05, 3.63) is 141 Å². The fourth-order valence-electron chi connectivity index (χ4n) is 5.35. The average molecular weight is 1540 g/mol. The Hall–Kier alpha value is -5.50. The van der Waals surface area contributed by atoms with Crippen molar-refractivity contribution in [3.8, 4) is 0 Å². The summed E-state index contributed by atoms with van der Waals surface area (Å²) < 4.78 is 111. The van der Waals surface area contributed by atoms with Gasteiger partial charge >= 0.3 is 0 Å². The van der Waals surface area contributed by atoms with Crippen LogP contribution in [0.2, 0.25) is 0 Å². The van der Waals surface area contributed by atoms with Crippen LogP contribution in [0.4, 0.5) is 0 Å². The molecule has 1 unspecified atom stereocenters. The summed E-state index contributed by atoms with van der Waals surface area (Å²) in [7, 11) is 1.63. The topological polar surface area (TPSA) is 203 Å². The van der Waals surface area contributed by atoms with Gasteiger partial charge in [0.25, 0.3) is 0 Å². The largest absolute Gasteiger partial charge is 0.499 e. The lowest BCUT2D eigenvalue weighted by molar-refractivity contribution is -0.0367. The Kier molecular flexibility index (Phi) is 136. The molecule has 22 nitrogen and oxygen atoms in total. The quantitative estimate of drug-likeness (QED) is 0.0410. The Bertz CT molecular complexity index is 1690. The van der Waals surface area contributed by atoms with Crippen molar-refractivity contribution < 1.29 is 104 Å². The van der Waals surface area contributed by atoms with Gasteiger partial charge in [-0.1, -0.05) is 168 Å². The van der Waals surface area contributed by atoms with E-state index in [9.17, 15) is 0 Å². The first-order valence-corrected chi connectivity index (χ1v) is 38.0. The lowest BCUT2D eigenvalue weighted by atomic mass is 9.99. The van der Waals surface area contributed by atoms with Gasteiger partial charge in [-0.25, -0.2) is 0 Å². The van der Waals surface area contributed by atoms with Crippen LogP contribution in [-0.2, 0) is 104 Å². The monoisotopic (exact) mass is 1540 g/mol. The molecule has 0 saturated heterocycles. The van der Waals surface area contributed by atoms with Crippen molar-refractivity contribution in [1.82, 2.24) is 0 Å². The van der Waals surface area contributed by atoms with Crippen LogP contribution in [0.5, 0.6) is 0 Å². The zero-order valence-electron chi connectivity index (χ0n) is 72.7. The molecule has 642 valence electrons. The van der Waals surface area contributed by atoms with Crippen LogP contribution in [0.1, 0.15) is 183 Å². The van der Waals surface area contributed by atoms with E-state index in [0.29, 0.717) is 169 Å². The highest BCUT2D eigenvalue weighted by Crippen LogP contribution is 2.13. The molecular weight excluding hydrogens is 1370 g/mol. The molecule has 0 aromatic rings. The molecule has 0 radical (unpaired) electrons. The Labute approximate surface area is 658 Å². The zero-order chi connectivity index (χ0) is 83.9. The number of hydrogen-bond donors (Lipinski definition) is 0. The summed E-state index contributed by atoms with van der Waals surface area (Å²) in [5.74, 6) is 1.17. The lowest BCUT2D eigenvalue weighted by Crippen LogP contribution is -2.24. The maximum Gasteiger partial charge on any atom is 0.111 e. The molecule has 0 aliphatic carbocycles. The van der Waals surface area contributed by atoms with Gasteiger partial charge in [0.2, 0.25) is 0 Å². The predicted octanol–water partition coefficient (Wildman–Crippen LogP) is 20.0. The van der Waals surface area contributed by atoms with E-state index in [-0.39, 0.29) is 16.6 Å². The summed E-state index contributed by atoms with van der Waals surface area (Å²) in [5, 5.41) is 0. The first kappa shape index (κ1) is 125. The van der Waals surface area contributed by atoms with E-state index < -0.39 is 0 Å². The highest BCUT2D eigenvalue weighted by Gasteiger charge is 2.14. The van der Waals surface area contributed by atoms with E-state index in [1.54, 1.807) is 7.11 Å². The second-order valence-electron chi connectivity index (χ2n) is 25.2. The molecule has 0 amide bonds. The second-order valence-corrected chi connectivity index (χ2v) is 25.2. The van der Waals surface area contributed by atoms with E-state index in [4.69, 9.17) is 99.5 Å². The third-order valence-electron chi connectivity index (χ3n) is 11.3. The van der Waals surface area contributed by atoms with Crippen molar-refractivity contribution in [2.45, 2.75) is 207 Å². The highest BCUT2D eigenvalue weighted by atomic mass is 16.6. The normalized spacial score (nSPS) is 10.2. The molecular formula is C85H170O22. The van der Waals surface area contributed by atoms with Crippen LogP contribution < -0.4 is 0 Å². The van der Waals surface area contributed by atoms with Gasteiger partial charge in [0, 0.05) is 40.1 Å². The number of rotatable bonds is 62. The summed E-state index contributed by atoms with van der Waals surface area (Å²) in [4.78, 5) is 0. The summed E-state index contributed by atoms with van der Waals surface area (Å²) in [5.41, 5.74) is 0.156. The summed E-state index contributed by atoms with van der Waals surface area (Å²) >= 11 is 0. The molecule has 0 aromatic heterocycles. The molecule has 0 rings (SSSR count). The van der Waals surface area contributed by atoms with Crippen molar-refractivity contribution in [1.29, 1.82) is 0 Å². The van der Waals surface area contributed by atoms with E-state index in [1.807, 2.05) is 41.5 Å². The van der Waals surface area contributed by atoms with E-state index in [0.717, 1.165) is 65.3 Å². The van der Waals surface area contributed by atoms with Gasteiger partial charge in [0.05, 0.1) is 172 Å². The fourth-order valence-corrected chi connectivity index (χ4v) is 5.35. The maximum absolute atomic E-state index is 5.51. The molecule has 0 aliphatic rings. The van der Waals surface area contributed by atoms with E-state index in [1.165, 1.54) is 88.1 Å². The third kappa shape index (κ3) is 186. The number of methoxy groups -OCH3 is 1. The van der Waals surface area contributed by atoms with Gasteiger partial charge < -0.3 is 104 Å². The molecule has 0 aliphatic heterocycles. The maximum atomic E-state index is 5.51. The van der Waals surface area contributed by atoms with Gasteiger partial charge in [0.15, 0.2) is 0 Å². The smallest absolute Gasteiger partial charge is 0.111 e. The van der Waals surface area contributed by atoms with Gasteiger partial charge in [-0.3, -0.25) is 0 Å². The molecule has 0 fully saturated rings. The molecule has 0 spiro atoms. The zero-order valence-corrected chi connectivity index (χ0v) is 72.7. The number of ether oxygens (including phenoxy) is 22. The van der Waals surface area contributed by atoms with Crippen molar-refractivity contribution in [2.75, 3.05) is 192 Å². The molecule has 0 bridgehead atoms. The van der Waals surface area contributed by atoms with Gasteiger partial charge in [0.1, 0.15) is 72.7 Å². The fraction of sp³-hybridized carbons (Fsp3) is 0.741. The second kappa shape index (κ2) is 116. The third-order valence-corrected chi connectivity index (χ3v) is 11.3. The molecule has 1 atom stereocenters. The van der Waals surface area contributed by atoms with Crippen molar-refractivity contribution in [2.24, 2.45) is 17.3 Å². The lowest BCUT2D eigenvalue weighted by Gasteiger charge is -2.22. The van der Waals surface area contributed by atoms with Crippen LogP contribution in [0.15, 0.2) is 141 Å². The minimum Gasteiger partial charge on any atom is -0.499 e. The summed E-state index contributed by atoms with van der Waals surface area (Å²) in [6.07, 6.45) is 24.3. The molecule has 0 N–H and O–H groups in total. The Balaban J connectivity index is -0.000000105. The van der Waals surface area contributed by atoms with E-state index in [2.05, 4.69) is 174 Å². The van der Waals surface area contributed by atoms with Crippen LogP contribution in [-0.4, -0.2) is 216 Å². The van der Waals surface area contributed by atoms with Gasteiger partial charge in [-0.15, -0.1) is 0 Å². The molecule has 0 saturated carbocycles. The molecule has 0 heterocycles. The Morgan fingerprint density at radius 1 is 0.299 bits per heavy atom. The predicted molar refractivity (Wildman–Crippen MR) is 446 cm³/mol. The molecule has 22 heteroatoms. The Morgan fingerprint density at radius 2 is 0.617 bits per heavy atom. The Morgan fingerprint density at radius 3 is 0.925 bits per heavy atom. The average Bonchev–Trinajstić information content (AvgIpc) is 0.986. The number of hydrogen-bond acceptors (Lipinski definition) is 22. The highest BCUT2D eigenvalue weighted by molar-refractivity contribution is 4.65. The summed E-state index contributed by atoms with van der Waals surface area (Å²) in [6, 6.07) is 0. The van der Waals surface area contributed by atoms with Gasteiger partial charge in [-0.05, 0) is 105 Å². The minimum absolute atomic E-state index is 0.0233. The molecule has 107 heavy (non-hydrogen) atoms. The van der Waals surface area contributed by atoms with Crippen LogP contribution in [0.3, 0.4) is 0 Å². The number of unbranched alkanes of at least 4 members (excludes halogenated alkanes) is 3. The van der Waals surface area contributed by atoms with Crippen molar-refractivity contribution >= 4 is 0 Å².